The Labute approximate surface area is 189 Å². The van der Waals surface area contributed by atoms with Gasteiger partial charge in [-0.2, -0.15) is 23.4 Å². The van der Waals surface area contributed by atoms with E-state index in [0.29, 0.717) is 15.9 Å². The summed E-state index contributed by atoms with van der Waals surface area (Å²) in [7, 11) is 0. The molecule has 1 N–H and O–H groups in total. The maximum Gasteiger partial charge on any atom is 0.433 e. The Kier molecular flexibility index (Phi) is 5.72. The summed E-state index contributed by atoms with van der Waals surface area (Å²) in [5, 5.41) is 12.3. The molecule has 168 valence electrons. The van der Waals surface area contributed by atoms with Gasteiger partial charge < -0.3 is 5.32 Å². The van der Waals surface area contributed by atoms with Gasteiger partial charge in [0.05, 0.1) is 22.8 Å². The number of carbonyl (C=O) groups excluding carboxylic acids is 1. The molecule has 4 rings (SSSR count). The molecule has 0 aliphatic rings. The summed E-state index contributed by atoms with van der Waals surface area (Å²) in [6, 6.07) is 3.80. The van der Waals surface area contributed by atoms with Crippen LogP contribution in [0.3, 0.4) is 0 Å². The molecule has 0 aromatic carbocycles. The van der Waals surface area contributed by atoms with Gasteiger partial charge in [0.1, 0.15) is 5.02 Å². The van der Waals surface area contributed by atoms with Crippen molar-refractivity contribution in [3.05, 3.63) is 57.4 Å². The second-order valence-electron chi connectivity index (χ2n) is 7.10. The van der Waals surface area contributed by atoms with Gasteiger partial charge in [-0.15, -0.1) is 11.3 Å². The number of aromatic nitrogens is 5. The fourth-order valence-electron chi connectivity index (χ4n) is 3.44. The van der Waals surface area contributed by atoms with Crippen LogP contribution >= 0.6 is 22.9 Å². The number of thiophene rings is 1. The second-order valence-corrected chi connectivity index (χ2v) is 8.42. The number of nitrogens with zero attached hydrogens (tertiary/aromatic N) is 5. The van der Waals surface area contributed by atoms with Crippen molar-refractivity contribution in [3.8, 4) is 10.6 Å². The highest BCUT2D eigenvalue weighted by Gasteiger charge is 2.37. The molecule has 4 aromatic heterocycles. The van der Waals surface area contributed by atoms with Gasteiger partial charge >= 0.3 is 6.18 Å². The quantitative estimate of drug-likeness (QED) is 0.427. The Morgan fingerprint density at radius 3 is 2.72 bits per heavy atom. The molecule has 0 radical (unpaired) electrons. The fourth-order valence-corrected chi connectivity index (χ4v) is 4.37. The number of alkyl halides is 3. The van der Waals surface area contributed by atoms with Crippen molar-refractivity contribution in [2.45, 2.75) is 39.5 Å². The first-order valence-electron chi connectivity index (χ1n) is 9.65. The topological polar surface area (TPSA) is 77.1 Å². The molecule has 0 bridgehead atoms. The highest BCUT2D eigenvalue weighted by molar-refractivity contribution is 7.13. The van der Waals surface area contributed by atoms with Crippen LogP contribution in [0.15, 0.2) is 29.8 Å². The molecule has 4 aromatic rings. The minimum atomic E-state index is -4.73. The predicted octanol–water partition coefficient (Wildman–Crippen LogP) is 5.15. The molecule has 1 atom stereocenters. The minimum Gasteiger partial charge on any atom is -0.344 e. The van der Waals surface area contributed by atoms with Crippen LogP contribution in [0, 0.1) is 6.92 Å². The Bertz CT molecular complexity index is 1300. The lowest BCUT2D eigenvalue weighted by molar-refractivity contribution is -0.142. The fraction of sp³-hybridized carbons (Fsp3) is 0.300. The van der Waals surface area contributed by atoms with E-state index in [9.17, 15) is 18.0 Å². The lowest BCUT2D eigenvalue weighted by Crippen LogP contribution is -2.27. The lowest BCUT2D eigenvalue weighted by atomic mass is 10.1. The Hall–Kier alpha value is -2.92. The van der Waals surface area contributed by atoms with E-state index in [1.807, 2.05) is 13.8 Å². The van der Waals surface area contributed by atoms with Gasteiger partial charge in [-0.05, 0) is 38.3 Å². The summed E-state index contributed by atoms with van der Waals surface area (Å²) in [5.74, 6) is -0.706. The summed E-state index contributed by atoms with van der Waals surface area (Å²) < 4.78 is 43.6. The van der Waals surface area contributed by atoms with Gasteiger partial charge in [0.25, 0.3) is 5.91 Å². The molecular weight excluding hydrogens is 465 g/mol. The van der Waals surface area contributed by atoms with E-state index in [1.165, 1.54) is 11.3 Å². The van der Waals surface area contributed by atoms with Crippen molar-refractivity contribution in [3.63, 3.8) is 0 Å². The SMILES string of the molecule is CCn1ncc(C(C)NC(=O)c2nn3c(C(F)(F)F)cc(-c4cccs4)nc3c2Cl)c1C. The second kappa shape index (κ2) is 8.21. The lowest BCUT2D eigenvalue weighted by Gasteiger charge is -2.13. The number of rotatable bonds is 5. The maximum absolute atomic E-state index is 13.8. The standard InChI is InChI=1S/C20H18ClF3N6OS/c1-4-29-11(3)12(9-25-29)10(2)26-19(31)17-16(21)18-27-13(14-6-5-7-32-14)8-15(20(22,23)24)30(18)28-17/h5-10H,4H2,1-3H3,(H,26,31). The summed E-state index contributed by atoms with van der Waals surface area (Å²) in [6.07, 6.45) is -3.08. The van der Waals surface area contributed by atoms with Crippen molar-refractivity contribution >= 4 is 34.5 Å². The Morgan fingerprint density at radius 2 is 2.12 bits per heavy atom. The molecule has 0 aliphatic heterocycles. The van der Waals surface area contributed by atoms with Crippen molar-refractivity contribution in [2.24, 2.45) is 0 Å². The zero-order valence-electron chi connectivity index (χ0n) is 17.2. The van der Waals surface area contributed by atoms with E-state index in [1.54, 1.807) is 35.3 Å². The number of aryl methyl sites for hydroxylation is 1. The van der Waals surface area contributed by atoms with Gasteiger partial charge in [0, 0.05) is 17.8 Å². The van der Waals surface area contributed by atoms with Gasteiger partial charge in [-0.3, -0.25) is 9.48 Å². The van der Waals surface area contributed by atoms with Crippen LogP contribution in [-0.2, 0) is 12.7 Å². The molecule has 4 heterocycles. The average molecular weight is 483 g/mol. The summed E-state index contributed by atoms with van der Waals surface area (Å²) in [5.41, 5.74) is 0.125. The average Bonchev–Trinajstić information content (AvgIpc) is 3.46. The van der Waals surface area contributed by atoms with Crippen LogP contribution in [0.1, 0.15) is 47.3 Å². The molecular formula is C20H18ClF3N6OS. The van der Waals surface area contributed by atoms with Gasteiger partial charge in [-0.25, -0.2) is 9.50 Å². The van der Waals surface area contributed by atoms with Crippen LogP contribution < -0.4 is 5.32 Å². The highest BCUT2D eigenvalue weighted by atomic mass is 35.5. The molecule has 32 heavy (non-hydrogen) atoms. The molecule has 0 fully saturated rings. The number of halogens is 4. The normalized spacial score (nSPS) is 13.0. The first-order valence-corrected chi connectivity index (χ1v) is 10.9. The molecule has 0 saturated carbocycles. The molecule has 7 nitrogen and oxygen atoms in total. The third-order valence-corrected chi connectivity index (χ3v) is 6.31. The summed E-state index contributed by atoms with van der Waals surface area (Å²) in [6.45, 7) is 6.24. The van der Waals surface area contributed by atoms with E-state index in [2.05, 4.69) is 20.5 Å². The zero-order chi connectivity index (χ0) is 23.2. The minimum absolute atomic E-state index is 0.101. The van der Waals surface area contributed by atoms with Gasteiger partial charge in [-0.1, -0.05) is 17.7 Å². The smallest absolute Gasteiger partial charge is 0.344 e. The van der Waals surface area contributed by atoms with Crippen molar-refractivity contribution in [1.82, 2.24) is 29.7 Å². The third-order valence-electron chi connectivity index (χ3n) is 5.07. The molecule has 12 heteroatoms. The number of fused-ring (bicyclic) bond motifs is 1. The Balaban J connectivity index is 1.75. The highest BCUT2D eigenvalue weighted by Crippen LogP contribution is 2.35. The van der Waals surface area contributed by atoms with Crippen LogP contribution in [-0.4, -0.2) is 30.3 Å². The van der Waals surface area contributed by atoms with Crippen LogP contribution in [0.4, 0.5) is 13.2 Å². The number of hydrogen-bond acceptors (Lipinski definition) is 5. The number of hydrogen-bond donors (Lipinski definition) is 1. The molecule has 0 aliphatic carbocycles. The largest absolute Gasteiger partial charge is 0.433 e. The molecule has 0 saturated heterocycles. The van der Waals surface area contributed by atoms with Gasteiger partial charge in [0.15, 0.2) is 17.0 Å². The van der Waals surface area contributed by atoms with Crippen LogP contribution in [0.2, 0.25) is 5.02 Å². The number of nitrogens with one attached hydrogen (secondary N) is 1. The van der Waals surface area contributed by atoms with E-state index in [0.717, 1.165) is 17.3 Å². The molecule has 0 spiro atoms. The third kappa shape index (κ3) is 3.86. The predicted molar refractivity (Wildman–Crippen MR) is 115 cm³/mol. The van der Waals surface area contributed by atoms with E-state index >= 15 is 0 Å². The van der Waals surface area contributed by atoms with Gasteiger partial charge in [0.2, 0.25) is 0 Å². The Morgan fingerprint density at radius 1 is 1.38 bits per heavy atom. The van der Waals surface area contributed by atoms with E-state index < -0.39 is 23.8 Å². The van der Waals surface area contributed by atoms with Crippen LogP contribution in [0.25, 0.3) is 16.2 Å². The number of amides is 1. The van der Waals surface area contributed by atoms with Crippen molar-refractivity contribution in [1.29, 1.82) is 0 Å². The van der Waals surface area contributed by atoms with E-state index in [-0.39, 0.29) is 22.1 Å². The zero-order valence-corrected chi connectivity index (χ0v) is 18.8. The van der Waals surface area contributed by atoms with E-state index in [4.69, 9.17) is 11.6 Å². The monoisotopic (exact) mass is 482 g/mol. The maximum atomic E-state index is 13.8. The van der Waals surface area contributed by atoms with Crippen molar-refractivity contribution < 1.29 is 18.0 Å². The first kappa shape index (κ1) is 22.3. The van der Waals surface area contributed by atoms with Crippen LogP contribution in [0.5, 0.6) is 0 Å². The summed E-state index contributed by atoms with van der Waals surface area (Å²) in [4.78, 5) is 17.7. The number of carbonyl (C=O) groups is 1. The molecule has 1 unspecified atom stereocenters. The first-order chi connectivity index (χ1) is 15.1. The summed E-state index contributed by atoms with van der Waals surface area (Å²) >= 11 is 7.55. The van der Waals surface area contributed by atoms with Crippen molar-refractivity contribution in [2.75, 3.05) is 0 Å². The molecule has 1 amide bonds.